The molecule has 4 heterocycles. The largest absolute Gasteiger partial charge is 0.290 e. The number of hydrogen-bond donors (Lipinski definition) is 0. The number of nitrogens with zero attached hydrogens (tertiary/aromatic N) is 4. The third-order valence-corrected chi connectivity index (χ3v) is 10.7. The summed E-state index contributed by atoms with van der Waals surface area (Å²) in [6, 6.07) is 50.7. The van der Waals surface area contributed by atoms with Crippen LogP contribution < -0.4 is 0 Å². The molecule has 0 spiro atoms. The van der Waals surface area contributed by atoms with Gasteiger partial charge >= 0.3 is 0 Å². The van der Waals surface area contributed by atoms with E-state index in [9.17, 15) is 0 Å². The molecule has 4 heteroatoms. The van der Waals surface area contributed by atoms with Crippen LogP contribution in [0, 0.1) is 0 Å². The van der Waals surface area contributed by atoms with Crippen molar-refractivity contribution in [3.63, 3.8) is 0 Å². The highest BCUT2D eigenvalue weighted by Crippen LogP contribution is 2.56. The molecule has 0 amide bonds. The summed E-state index contributed by atoms with van der Waals surface area (Å²) in [7, 11) is 0. The van der Waals surface area contributed by atoms with Gasteiger partial charge in [0.1, 0.15) is 5.65 Å². The van der Waals surface area contributed by atoms with Crippen molar-refractivity contribution in [2.75, 3.05) is 0 Å². The van der Waals surface area contributed by atoms with Crippen LogP contribution in [0.4, 0.5) is 0 Å². The molecule has 0 aliphatic heterocycles. The molecule has 1 aliphatic carbocycles. The minimum Gasteiger partial charge on any atom is -0.290 e. The van der Waals surface area contributed by atoms with Crippen LogP contribution in [-0.2, 0) is 10.8 Å². The molecule has 0 bridgehead atoms. The van der Waals surface area contributed by atoms with E-state index in [1.807, 2.05) is 18.5 Å². The first-order valence-corrected chi connectivity index (χ1v) is 17.3. The lowest BCUT2D eigenvalue weighted by Crippen LogP contribution is -2.28. The van der Waals surface area contributed by atoms with E-state index in [0.717, 1.165) is 49.7 Å². The number of rotatable bonds is 3. The second kappa shape index (κ2) is 10.4. The van der Waals surface area contributed by atoms with Gasteiger partial charge < -0.3 is 0 Å². The average molecular weight is 643 g/mol. The molecule has 0 fully saturated rings. The van der Waals surface area contributed by atoms with Gasteiger partial charge in [0.15, 0.2) is 0 Å². The van der Waals surface area contributed by atoms with Crippen molar-refractivity contribution in [3.05, 3.63) is 180 Å². The zero-order valence-corrected chi connectivity index (χ0v) is 28.2. The predicted octanol–water partition coefficient (Wildman–Crippen LogP) is 10.9. The number of para-hydroxylation sites is 2. The first kappa shape index (κ1) is 28.8. The van der Waals surface area contributed by atoms with Gasteiger partial charge in [0.2, 0.25) is 0 Å². The summed E-state index contributed by atoms with van der Waals surface area (Å²) in [6.07, 6.45) is 3.84. The van der Waals surface area contributed by atoms with Gasteiger partial charge in [-0.05, 0) is 92.9 Å². The predicted molar refractivity (Wildman–Crippen MR) is 205 cm³/mol. The Morgan fingerprint density at radius 2 is 1.28 bits per heavy atom. The van der Waals surface area contributed by atoms with Gasteiger partial charge in [-0.25, -0.2) is 4.98 Å². The molecule has 50 heavy (non-hydrogen) atoms. The molecule has 0 N–H and O–H groups in total. The van der Waals surface area contributed by atoms with Crippen LogP contribution in [0.15, 0.2) is 152 Å². The number of hydrogen-bond acceptors (Lipinski definition) is 3. The molecule has 4 aromatic heterocycles. The second-order valence-corrected chi connectivity index (χ2v) is 14.5. The average Bonchev–Trinajstić information content (AvgIpc) is 3.70. The zero-order valence-electron chi connectivity index (χ0n) is 28.2. The van der Waals surface area contributed by atoms with Gasteiger partial charge in [0.25, 0.3) is 0 Å². The summed E-state index contributed by atoms with van der Waals surface area (Å²) >= 11 is 0. The first-order valence-electron chi connectivity index (χ1n) is 17.3. The fraction of sp³-hybridized carbons (Fsp3) is 0.109. The zero-order chi connectivity index (χ0) is 33.6. The summed E-state index contributed by atoms with van der Waals surface area (Å²) in [5, 5.41) is 2.18. The van der Waals surface area contributed by atoms with E-state index >= 15 is 0 Å². The van der Waals surface area contributed by atoms with E-state index in [2.05, 4.69) is 159 Å². The molecule has 0 radical (unpaired) electrons. The van der Waals surface area contributed by atoms with Gasteiger partial charge in [-0.15, -0.1) is 0 Å². The van der Waals surface area contributed by atoms with Gasteiger partial charge in [0, 0.05) is 28.7 Å². The Morgan fingerprint density at radius 3 is 2.08 bits per heavy atom. The maximum absolute atomic E-state index is 5.17. The number of fused-ring (bicyclic) bond motifs is 11. The van der Waals surface area contributed by atoms with E-state index in [4.69, 9.17) is 15.0 Å². The summed E-state index contributed by atoms with van der Waals surface area (Å²) in [5.74, 6) is 0. The molecule has 0 saturated heterocycles. The number of aromatic nitrogens is 4. The molecular weight excluding hydrogens is 609 g/mol. The lowest BCUT2D eigenvalue weighted by Gasteiger charge is -2.34. The van der Waals surface area contributed by atoms with Crippen LogP contribution >= 0.6 is 0 Å². The number of pyridine rings is 3. The fourth-order valence-corrected chi connectivity index (χ4v) is 8.39. The minimum atomic E-state index is -0.577. The van der Waals surface area contributed by atoms with E-state index in [0.29, 0.717) is 0 Å². The molecule has 5 aromatic carbocycles. The Labute approximate surface area is 290 Å². The highest BCUT2D eigenvalue weighted by atomic mass is 15.0. The summed E-state index contributed by atoms with van der Waals surface area (Å²) in [4.78, 5) is 15.1. The maximum atomic E-state index is 5.17. The van der Waals surface area contributed by atoms with Crippen molar-refractivity contribution < 1.29 is 0 Å². The first-order chi connectivity index (χ1) is 24.4. The van der Waals surface area contributed by atoms with E-state index in [1.54, 1.807) is 0 Å². The van der Waals surface area contributed by atoms with Crippen molar-refractivity contribution in [1.82, 2.24) is 19.4 Å². The Balaban J connectivity index is 1.31. The third-order valence-electron chi connectivity index (χ3n) is 10.7. The molecule has 4 nitrogen and oxygen atoms in total. The quantitative estimate of drug-likeness (QED) is 0.180. The van der Waals surface area contributed by atoms with E-state index in [-0.39, 0.29) is 5.41 Å². The molecule has 238 valence electrons. The van der Waals surface area contributed by atoms with Crippen molar-refractivity contribution >= 4 is 38.5 Å². The molecule has 0 atom stereocenters. The van der Waals surface area contributed by atoms with Gasteiger partial charge in [-0.1, -0.05) is 112 Å². The second-order valence-electron chi connectivity index (χ2n) is 14.5. The van der Waals surface area contributed by atoms with Crippen molar-refractivity contribution in [2.24, 2.45) is 0 Å². The van der Waals surface area contributed by atoms with Crippen LogP contribution in [0.3, 0.4) is 0 Å². The maximum Gasteiger partial charge on any atom is 0.146 e. The summed E-state index contributed by atoms with van der Waals surface area (Å²) in [6.45, 7) is 6.76. The highest BCUT2D eigenvalue weighted by Gasteiger charge is 2.46. The molecule has 9 aromatic rings. The molecule has 10 rings (SSSR count). The van der Waals surface area contributed by atoms with Crippen LogP contribution in [0.2, 0.25) is 0 Å². The van der Waals surface area contributed by atoms with Crippen molar-refractivity contribution in [1.29, 1.82) is 0 Å². The molecular formula is C46H34N4. The fourth-order valence-electron chi connectivity index (χ4n) is 8.39. The third kappa shape index (κ3) is 3.96. The molecule has 0 saturated carbocycles. The van der Waals surface area contributed by atoms with E-state index in [1.165, 1.54) is 38.9 Å². The van der Waals surface area contributed by atoms with Crippen LogP contribution in [0.1, 0.15) is 48.6 Å². The number of imidazole rings is 1. The SMILES string of the molecule is CC(C)(C)c1ccnc(-c2cccc(C3(c4ccc5c(c4)c4ncccc4n4c6ccccc6nc54)c4ccccc4-c4ccccc43)c2)c1. The van der Waals surface area contributed by atoms with Crippen LogP contribution in [-0.4, -0.2) is 19.4 Å². The Hall–Kier alpha value is -6.13. The lowest BCUT2D eigenvalue weighted by molar-refractivity contribution is 0.589. The van der Waals surface area contributed by atoms with Gasteiger partial charge in [0.05, 0.1) is 33.2 Å². The summed E-state index contributed by atoms with van der Waals surface area (Å²) in [5.41, 5.74) is 15.3. The van der Waals surface area contributed by atoms with E-state index < -0.39 is 5.41 Å². The highest BCUT2D eigenvalue weighted by molar-refractivity contribution is 6.12. The van der Waals surface area contributed by atoms with Crippen molar-refractivity contribution in [3.8, 4) is 22.4 Å². The molecule has 1 aliphatic rings. The monoisotopic (exact) mass is 642 g/mol. The number of benzene rings is 5. The Bertz CT molecular complexity index is 2770. The van der Waals surface area contributed by atoms with Gasteiger partial charge in [-0.2, -0.15) is 0 Å². The Kier molecular flexibility index (Phi) is 6.02. The lowest BCUT2D eigenvalue weighted by atomic mass is 9.67. The van der Waals surface area contributed by atoms with Crippen LogP contribution in [0.5, 0.6) is 0 Å². The Morgan fingerprint density at radius 1 is 0.560 bits per heavy atom. The normalized spacial score (nSPS) is 13.7. The topological polar surface area (TPSA) is 43.1 Å². The van der Waals surface area contributed by atoms with Gasteiger partial charge in [-0.3, -0.25) is 14.4 Å². The smallest absolute Gasteiger partial charge is 0.146 e. The standard InChI is InChI=1S/C46H34N4/c1-45(2,3)30-23-25-47-40(28-30)29-12-10-13-31(26-29)46(37-16-6-4-14-33(37)34-15-5-7-17-38(34)46)32-21-22-35-36(27-32)43-42(20-11-24-48-43)50-41-19-9-8-18-39(41)49-44(35)50/h4-28H,1-3H3. The van der Waals surface area contributed by atoms with Crippen molar-refractivity contribution in [2.45, 2.75) is 31.6 Å². The van der Waals surface area contributed by atoms with Crippen LogP contribution in [0.25, 0.3) is 60.9 Å². The minimum absolute atomic E-state index is 0.0217. The molecule has 0 unspecified atom stereocenters. The summed E-state index contributed by atoms with van der Waals surface area (Å²) < 4.78 is 2.26.